The van der Waals surface area contributed by atoms with Crippen LogP contribution in [0.5, 0.6) is 0 Å². The summed E-state index contributed by atoms with van der Waals surface area (Å²) in [7, 11) is 2.05. The van der Waals surface area contributed by atoms with Gasteiger partial charge in [-0.2, -0.15) is 0 Å². The first-order valence-electron chi connectivity index (χ1n) is 5.99. The number of anilines is 1. The number of benzene rings is 1. The van der Waals surface area contributed by atoms with Gasteiger partial charge in [-0.1, -0.05) is 24.8 Å². The normalized spacial score (nSPS) is 10.1. The highest BCUT2D eigenvalue weighted by Crippen LogP contribution is 2.10. The molecule has 1 aromatic carbocycles. The molecule has 0 amide bonds. The molecule has 18 heavy (non-hydrogen) atoms. The number of carboxylic acids is 1. The number of hydrogen-bond donors (Lipinski definition) is 2. The van der Waals surface area contributed by atoms with Crippen molar-refractivity contribution in [1.29, 1.82) is 0 Å². The first kappa shape index (κ1) is 14.3. The van der Waals surface area contributed by atoms with Gasteiger partial charge in [0.1, 0.15) is 0 Å². The Morgan fingerprint density at radius 3 is 2.67 bits per heavy atom. The Bertz CT molecular complexity index is 390. The van der Waals surface area contributed by atoms with E-state index >= 15 is 0 Å². The molecule has 0 radical (unpaired) electrons. The van der Waals surface area contributed by atoms with Gasteiger partial charge < -0.3 is 15.3 Å². The Morgan fingerprint density at radius 2 is 2.06 bits per heavy atom. The second kappa shape index (κ2) is 7.50. The fourth-order valence-corrected chi connectivity index (χ4v) is 1.57. The van der Waals surface area contributed by atoms with Crippen molar-refractivity contribution in [2.75, 3.05) is 31.6 Å². The lowest BCUT2D eigenvalue weighted by Crippen LogP contribution is -2.26. The van der Waals surface area contributed by atoms with Crippen LogP contribution in [0.25, 0.3) is 0 Å². The monoisotopic (exact) mass is 248 g/mol. The zero-order valence-corrected chi connectivity index (χ0v) is 10.7. The Hall–Kier alpha value is -1.81. The van der Waals surface area contributed by atoms with Crippen LogP contribution < -0.4 is 10.2 Å². The number of para-hydroxylation sites is 1. The maximum atomic E-state index is 10.5. The van der Waals surface area contributed by atoms with Crippen LogP contribution in [0.15, 0.2) is 42.5 Å². The SMILES string of the molecule is C=C(CNCCCN(C)c1ccccc1)C(=O)O. The van der Waals surface area contributed by atoms with Crippen molar-refractivity contribution in [1.82, 2.24) is 5.32 Å². The Labute approximate surface area is 108 Å². The van der Waals surface area contributed by atoms with E-state index in [4.69, 9.17) is 5.11 Å². The third-order valence-electron chi connectivity index (χ3n) is 2.68. The molecule has 0 atom stereocenters. The van der Waals surface area contributed by atoms with E-state index in [0.29, 0.717) is 6.54 Å². The Kier molecular flexibility index (Phi) is 5.94. The molecule has 0 fully saturated rings. The van der Waals surface area contributed by atoms with Gasteiger partial charge in [0.05, 0.1) is 0 Å². The van der Waals surface area contributed by atoms with E-state index in [1.807, 2.05) is 25.2 Å². The molecule has 4 nitrogen and oxygen atoms in total. The highest BCUT2D eigenvalue weighted by molar-refractivity contribution is 5.86. The molecule has 1 aromatic rings. The molecule has 0 bridgehead atoms. The summed E-state index contributed by atoms with van der Waals surface area (Å²) in [5.41, 5.74) is 1.39. The van der Waals surface area contributed by atoms with Crippen molar-refractivity contribution in [3.8, 4) is 0 Å². The van der Waals surface area contributed by atoms with Gasteiger partial charge >= 0.3 is 5.97 Å². The van der Waals surface area contributed by atoms with Crippen LogP contribution in [0.2, 0.25) is 0 Å². The molecular formula is C14H20N2O2. The third kappa shape index (κ3) is 5.01. The van der Waals surface area contributed by atoms with E-state index in [9.17, 15) is 4.79 Å². The standard InChI is InChI=1S/C14H20N2O2/c1-12(14(17)18)11-15-9-6-10-16(2)13-7-4-3-5-8-13/h3-5,7-8,15H,1,6,9-11H2,2H3,(H,17,18). The van der Waals surface area contributed by atoms with E-state index in [-0.39, 0.29) is 5.57 Å². The summed E-state index contributed by atoms with van der Waals surface area (Å²) < 4.78 is 0. The Morgan fingerprint density at radius 1 is 1.39 bits per heavy atom. The van der Waals surface area contributed by atoms with E-state index in [1.165, 1.54) is 5.69 Å². The van der Waals surface area contributed by atoms with Crippen molar-refractivity contribution in [3.63, 3.8) is 0 Å². The van der Waals surface area contributed by atoms with E-state index in [1.54, 1.807) is 0 Å². The lowest BCUT2D eigenvalue weighted by atomic mass is 10.2. The molecule has 0 saturated heterocycles. The van der Waals surface area contributed by atoms with Gasteiger partial charge in [-0.25, -0.2) is 4.79 Å². The highest BCUT2D eigenvalue weighted by atomic mass is 16.4. The van der Waals surface area contributed by atoms with E-state index in [2.05, 4.69) is 28.9 Å². The largest absolute Gasteiger partial charge is 0.478 e. The number of aliphatic carboxylic acids is 1. The van der Waals surface area contributed by atoms with Crippen molar-refractivity contribution in [2.45, 2.75) is 6.42 Å². The summed E-state index contributed by atoms with van der Waals surface area (Å²) in [6.45, 7) is 5.51. The maximum Gasteiger partial charge on any atom is 0.332 e. The van der Waals surface area contributed by atoms with Gasteiger partial charge in [0.25, 0.3) is 0 Å². The van der Waals surface area contributed by atoms with Gasteiger partial charge in [-0.15, -0.1) is 0 Å². The average molecular weight is 248 g/mol. The maximum absolute atomic E-state index is 10.5. The van der Waals surface area contributed by atoms with Crippen LogP contribution in [-0.4, -0.2) is 37.8 Å². The van der Waals surface area contributed by atoms with Gasteiger partial charge in [0.15, 0.2) is 0 Å². The average Bonchev–Trinajstić information content (AvgIpc) is 2.38. The molecular weight excluding hydrogens is 228 g/mol. The summed E-state index contributed by atoms with van der Waals surface area (Å²) >= 11 is 0. The fourth-order valence-electron chi connectivity index (χ4n) is 1.57. The smallest absolute Gasteiger partial charge is 0.332 e. The zero-order chi connectivity index (χ0) is 13.4. The fraction of sp³-hybridized carbons (Fsp3) is 0.357. The van der Waals surface area contributed by atoms with Crippen molar-refractivity contribution < 1.29 is 9.90 Å². The number of nitrogens with zero attached hydrogens (tertiary/aromatic N) is 1. The van der Waals surface area contributed by atoms with Crippen molar-refractivity contribution >= 4 is 11.7 Å². The molecule has 0 aliphatic carbocycles. The Balaban J connectivity index is 2.15. The molecule has 0 heterocycles. The summed E-state index contributed by atoms with van der Waals surface area (Å²) in [4.78, 5) is 12.7. The van der Waals surface area contributed by atoms with Crippen molar-refractivity contribution in [3.05, 3.63) is 42.5 Å². The molecule has 0 aliphatic heterocycles. The van der Waals surface area contributed by atoms with Gasteiger partial charge in [0, 0.05) is 31.4 Å². The molecule has 1 rings (SSSR count). The summed E-state index contributed by atoms with van der Waals surface area (Å²) in [5.74, 6) is -0.941. The summed E-state index contributed by atoms with van der Waals surface area (Å²) in [5, 5.41) is 11.7. The minimum atomic E-state index is -0.941. The van der Waals surface area contributed by atoms with Gasteiger partial charge in [-0.05, 0) is 25.1 Å². The molecule has 0 unspecified atom stereocenters. The van der Waals surface area contributed by atoms with Gasteiger partial charge in [0.2, 0.25) is 0 Å². The third-order valence-corrected chi connectivity index (χ3v) is 2.68. The molecule has 98 valence electrons. The molecule has 4 heteroatoms. The second-order valence-corrected chi connectivity index (χ2v) is 4.20. The number of carbonyl (C=O) groups is 1. The quantitative estimate of drug-likeness (QED) is 0.543. The van der Waals surface area contributed by atoms with Gasteiger partial charge in [-0.3, -0.25) is 0 Å². The number of carboxylic acid groups (broad SMARTS) is 1. The van der Waals surface area contributed by atoms with Crippen LogP contribution >= 0.6 is 0 Å². The number of nitrogens with one attached hydrogen (secondary N) is 1. The number of hydrogen-bond acceptors (Lipinski definition) is 3. The summed E-state index contributed by atoms with van der Waals surface area (Å²) in [6, 6.07) is 10.2. The predicted octanol–water partition coefficient (Wildman–Crippen LogP) is 1.74. The molecule has 0 spiro atoms. The van der Waals surface area contributed by atoms with Crippen LogP contribution in [-0.2, 0) is 4.79 Å². The van der Waals surface area contributed by atoms with E-state index in [0.717, 1.165) is 19.5 Å². The topological polar surface area (TPSA) is 52.6 Å². The first-order valence-corrected chi connectivity index (χ1v) is 5.99. The predicted molar refractivity (Wildman–Crippen MR) is 74.0 cm³/mol. The highest BCUT2D eigenvalue weighted by Gasteiger charge is 2.03. The zero-order valence-electron chi connectivity index (χ0n) is 10.7. The minimum absolute atomic E-state index is 0.200. The van der Waals surface area contributed by atoms with Crippen LogP contribution in [0.4, 0.5) is 5.69 Å². The second-order valence-electron chi connectivity index (χ2n) is 4.20. The summed E-state index contributed by atoms with van der Waals surface area (Å²) in [6.07, 6.45) is 0.957. The van der Waals surface area contributed by atoms with E-state index < -0.39 is 5.97 Å². The molecule has 0 aliphatic rings. The first-order chi connectivity index (χ1) is 8.61. The molecule has 0 saturated carbocycles. The van der Waals surface area contributed by atoms with Crippen LogP contribution in [0, 0.1) is 0 Å². The lowest BCUT2D eigenvalue weighted by molar-refractivity contribution is -0.132. The number of rotatable bonds is 8. The minimum Gasteiger partial charge on any atom is -0.478 e. The van der Waals surface area contributed by atoms with Crippen LogP contribution in [0.3, 0.4) is 0 Å². The molecule has 2 N–H and O–H groups in total. The van der Waals surface area contributed by atoms with Crippen LogP contribution in [0.1, 0.15) is 6.42 Å². The van der Waals surface area contributed by atoms with Crippen molar-refractivity contribution in [2.24, 2.45) is 0 Å². The molecule has 0 aromatic heterocycles. The lowest BCUT2D eigenvalue weighted by Gasteiger charge is -2.19.